The number of ether oxygens (including phenoxy) is 1. The van der Waals surface area contributed by atoms with Crippen LogP contribution in [0.3, 0.4) is 0 Å². The van der Waals surface area contributed by atoms with Crippen molar-refractivity contribution in [2.24, 2.45) is 5.73 Å². The molecule has 2 heterocycles. The highest BCUT2D eigenvalue weighted by Gasteiger charge is 2.31. The van der Waals surface area contributed by atoms with Gasteiger partial charge < -0.3 is 19.4 Å². The van der Waals surface area contributed by atoms with Crippen molar-refractivity contribution in [1.29, 1.82) is 0 Å². The maximum Gasteiger partial charge on any atom is 0.338 e. The van der Waals surface area contributed by atoms with Crippen LogP contribution in [0.25, 0.3) is 22.6 Å². The van der Waals surface area contributed by atoms with Gasteiger partial charge in [0.15, 0.2) is 5.76 Å². The van der Waals surface area contributed by atoms with E-state index in [1.54, 1.807) is 31.2 Å². The molecule has 1 aromatic carbocycles. The summed E-state index contributed by atoms with van der Waals surface area (Å²) in [6.45, 7) is 3.60. The summed E-state index contributed by atoms with van der Waals surface area (Å²) < 4.78 is 40.1. The van der Waals surface area contributed by atoms with Gasteiger partial charge in [0, 0.05) is 22.3 Å². The standard InChI is InChI=1S/C22H19N3O6S/c1-11-12(2)25-31-19(11)16-7-6-15(20(18(16)23)32(27)28)14-5-4-13(21-24-8-9-30-21)10-17(14)22(26)29-3/h4-10,18H,23H2,1-3H3. The van der Waals surface area contributed by atoms with Gasteiger partial charge in [0.1, 0.15) is 11.1 Å². The van der Waals surface area contributed by atoms with Crippen LogP contribution in [-0.4, -0.2) is 42.5 Å². The number of nitrogens with zero attached hydrogens (tertiary/aromatic N) is 2. The Hall–Kier alpha value is -3.76. The monoisotopic (exact) mass is 453 g/mol. The second kappa shape index (κ2) is 8.40. The van der Waals surface area contributed by atoms with Crippen LogP contribution in [0, 0.1) is 13.8 Å². The third kappa shape index (κ3) is 3.59. The highest BCUT2D eigenvalue weighted by molar-refractivity contribution is 7.74. The number of aryl methyl sites for hydroxylation is 1. The van der Waals surface area contributed by atoms with Gasteiger partial charge in [0.2, 0.25) is 16.2 Å². The van der Waals surface area contributed by atoms with E-state index in [1.807, 2.05) is 6.92 Å². The summed E-state index contributed by atoms with van der Waals surface area (Å²) in [6.07, 6.45) is 6.16. The largest absolute Gasteiger partial charge is 0.465 e. The van der Waals surface area contributed by atoms with E-state index in [9.17, 15) is 13.2 Å². The zero-order valence-corrected chi connectivity index (χ0v) is 18.3. The van der Waals surface area contributed by atoms with Gasteiger partial charge in [-0.05, 0) is 31.5 Å². The molecular weight excluding hydrogens is 434 g/mol. The molecule has 0 radical (unpaired) electrons. The Kier molecular flexibility index (Phi) is 5.64. The van der Waals surface area contributed by atoms with Crippen LogP contribution < -0.4 is 5.73 Å². The lowest BCUT2D eigenvalue weighted by molar-refractivity contribution is 0.0600. The maximum atomic E-state index is 12.6. The number of rotatable bonds is 4. The summed E-state index contributed by atoms with van der Waals surface area (Å²) in [5, 5.41) is 3.92. The first-order chi connectivity index (χ1) is 15.3. The number of carbonyl (C=O) groups excluding carboxylic acids is 1. The summed E-state index contributed by atoms with van der Waals surface area (Å²) in [4.78, 5) is 16.6. The first-order valence-electron chi connectivity index (χ1n) is 9.53. The number of benzene rings is 1. The number of methoxy groups -OCH3 is 1. The van der Waals surface area contributed by atoms with Crippen molar-refractivity contribution in [3.05, 3.63) is 71.0 Å². The van der Waals surface area contributed by atoms with Crippen molar-refractivity contribution in [3.8, 4) is 11.5 Å². The van der Waals surface area contributed by atoms with Crippen molar-refractivity contribution in [3.63, 3.8) is 0 Å². The molecule has 3 aromatic rings. The number of esters is 1. The number of hydrogen-bond donors (Lipinski definition) is 1. The quantitative estimate of drug-likeness (QED) is 0.466. The predicted molar refractivity (Wildman–Crippen MR) is 117 cm³/mol. The van der Waals surface area contributed by atoms with Gasteiger partial charge in [-0.25, -0.2) is 9.78 Å². The second-order valence-corrected chi connectivity index (χ2v) is 8.00. The van der Waals surface area contributed by atoms with Gasteiger partial charge in [0.25, 0.3) is 0 Å². The molecule has 1 atom stereocenters. The highest BCUT2D eigenvalue weighted by Crippen LogP contribution is 2.34. The van der Waals surface area contributed by atoms with Crippen LogP contribution >= 0.6 is 0 Å². The first kappa shape index (κ1) is 21.5. The van der Waals surface area contributed by atoms with Crippen molar-refractivity contribution < 1.29 is 26.9 Å². The van der Waals surface area contributed by atoms with E-state index in [4.69, 9.17) is 19.4 Å². The van der Waals surface area contributed by atoms with Crippen molar-refractivity contribution >= 4 is 32.3 Å². The fraction of sp³-hybridized carbons (Fsp3) is 0.182. The van der Waals surface area contributed by atoms with Crippen LogP contribution in [0.15, 0.2) is 51.8 Å². The molecular formula is C22H19N3O6S. The summed E-state index contributed by atoms with van der Waals surface area (Å²) in [7, 11) is -1.43. The van der Waals surface area contributed by atoms with E-state index in [1.165, 1.54) is 25.6 Å². The normalized spacial score (nSPS) is 15.9. The summed E-state index contributed by atoms with van der Waals surface area (Å²) >= 11 is 0. The molecule has 164 valence electrons. The number of aromatic nitrogens is 2. The summed E-state index contributed by atoms with van der Waals surface area (Å²) in [5.74, 6) is 0.0852. The zero-order valence-electron chi connectivity index (χ0n) is 17.4. The molecule has 9 nitrogen and oxygen atoms in total. The van der Waals surface area contributed by atoms with Crippen LogP contribution in [-0.2, 0) is 15.0 Å². The van der Waals surface area contributed by atoms with Crippen molar-refractivity contribution in [1.82, 2.24) is 10.1 Å². The molecule has 1 aliphatic rings. The molecule has 10 heteroatoms. The minimum absolute atomic E-state index is 0.0787. The predicted octanol–water partition coefficient (Wildman–Crippen LogP) is 2.59. The van der Waals surface area contributed by atoms with Crippen LogP contribution in [0.1, 0.15) is 32.9 Å². The summed E-state index contributed by atoms with van der Waals surface area (Å²) in [6, 6.07) is 3.80. The van der Waals surface area contributed by atoms with Gasteiger partial charge in [0.05, 0.1) is 30.6 Å². The Morgan fingerprint density at radius 1 is 1.22 bits per heavy atom. The fourth-order valence-corrected chi connectivity index (χ4v) is 4.23. The summed E-state index contributed by atoms with van der Waals surface area (Å²) in [5.41, 5.74) is 9.60. The zero-order chi connectivity index (χ0) is 23.0. The van der Waals surface area contributed by atoms with E-state index < -0.39 is 22.3 Å². The average molecular weight is 453 g/mol. The first-order valence-corrected chi connectivity index (χ1v) is 10.6. The van der Waals surface area contributed by atoms with Crippen LogP contribution in [0.4, 0.5) is 0 Å². The third-order valence-electron chi connectivity index (χ3n) is 5.31. The third-order valence-corrected chi connectivity index (χ3v) is 6.14. The minimum atomic E-state index is -2.68. The molecule has 0 bridgehead atoms. The number of allylic oxidation sites excluding steroid dienone is 2. The van der Waals surface area contributed by atoms with Crippen LogP contribution in [0.5, 0.6) is 0 Å². The topological polar surface area (TPSA) is 139 Å². The molecule has 0 amide bonds. The van der Waals surface area contributed by atoms with E-state index in [0.717, 1.165) is 5.56 Å². The second-order valence-electron chi connectivity index (χ2n) is 7.09. The SMILES string of the molecule is COC(=O)c1cc(-c2ncco2)ccc1C1=CC=C(c2onc(C)c2C)C(N)C1=S(=O)=O. The molecule has 2 aromatic heterocycles. The molecule has 2 N–H and O–H groups in total. The lowest BCUT2D eigenvalue weighted by Crippen LogP contribution is -2.35. The molecule has 1 aliphatic carbocycles. The smallest absolute Gasteiger partial charge is 0.338 e. The Bertz CT molecular complexity index is 1400. The minimum Gasteiger partial charge on any atom is -0.465 e. The molecule has 0 saturated heterocycles. The number of nitrogens with two attached hydrogens (primary N) is 1. The average Bonchev–Trinajstić information content (AvgIpc) is 3.43. The lowest BCUT2D eigenvalue weighted by Gasteiger charge is -2.22. The molecule has 0 spiro atoms. The van der Waals surface area contributed by atoms with E-state index in [-0.39, 0.29) is 16.0 Å². The molecule has 4 rings (SSSR count). The number of carbonyl (C=O) groups is 1. The molecule has 0 aliphatic heterocycles. The number of oxazole rings is 1. The fourth-order valence-electron chi connectivity index (χ4n) is 3.54. The van der Waals surface area contributed by atoms with E-state index >= 15 is 0 Å². The Labute approximate surface area is 184 Å². The lowest BCUT2D eigenvalue weighted by atomic mass is 9.85. The number of hydrogen-bond acceptors (Lipinski definition) is 9. The van der Waals surface area contributed by atoms with Crippen LogP contribution in [0.2, 0.25) is 0 Å². The van der Waals surface area contributed by atoms with Crippen molar-refractivity contribution in [2.75, 3.05) is 7.11 Å². The molecule has 0 fully saturated rings. The molecule has 32 heavy (non-hydrogen) atoms. The Morgan fingerprint density at radius 2 is 2.00 bits per heavy atom. The van der Waals surface area contributed by atoms with Gasteiger partial charge in [-0.2, -0.15) is 8.42 Å². The van der Waals surface area contributed by atoms with Crippen molar-refractivity contribution in [2.45, 2.75) is 19.9 Å². The van der Waals surface area contributed by atoms with E-state index in [2.05, 4.69) is 10.1 Å². The molecule has 1 unspecified atom stereocenters. The van der Waals surface area contributed by atoms with E-state index in [0.29, 0.717) is 34.0 Å². The van der Waals surface area contributed by atoms with Gasteiger partial charge >= 0.3 is 5.97 Å². The Balaban J connectivity index is 1.92. The molecule has 0 saturated carbocycles. The van der Waals surface area contributed by atoms with Gasteiger partial charge in [-0.15, -0.1) is 0 Å². The van der Waals surface area contributed by atoms with Gasteiger partial charge in [-0.1, -0.05) is 23.4 Å². The highest BCUT2D eigenvalue weighted by atomic mass is 32.2. The van der Waals surface area contributed by atoms with Gasteiger partial charge in [-0.3, -0.25) is 0 Å². The maximum absolute atomic E-state index is 12.6. The Morgan fingerprint density at radius 3 is 2.59 bits per heavy atom.